The number of hydrogen-bond acceptors (Lipinski definition) is 2. The Bertz CT molecular complexity index is 603. The molecule has 0 heterocycles. The maximum atomic E-state index is 12.1. The number of rotatable bonds is 4. The van der Waals surface area contributed by atoms with Crippen molar-refractivity contribution in [3.8, 4) is 0 Å². The van der Waals surface area contributed by atoms with Crippen molar-refractivity contribution in [1.29, 1.82) is 0 Å². The Morgan fingerprint density at radius 1 is 1.20 bits per heavy atom. The minimum atomic E-state index is -0.224. The van der Waals surface area contributed by atoms with Gasteiger partial charge in [-0.3, -0.25) is 4.79 Å². The minimum absolute atomic E-state index is 0.0442. The number of nitrogens with one attached hydrogen (secondary N) is 1. The Labute approximate surface area is 136 Å². The minimum Gasteiger partial charge on any atom is -0.325 e. The molecule has 2 rings (SSSR count). The van der Waals surface area contributed by atoms with Crippen molar-refractivity contribution in [2.45, 2.75) is 17.1 Å². The Morgan fingerprint density at radius 3 is 2.50 bits per heavy atom. The van der Waals surface area contributed by atoms with Gasteiger partial charge in [-0.1, -0.05) is 39.7 Å². The highest BCUT2D eigenvalue weighted by Gasteiger charge is 2.15. The third-order valence-corrected chi connectivity index (χ3v) is 4.77. The molecule has 0 radical (unpaired) electrons. The van der Waals surface area contributed by atoms with Gasteiger partial charge in [0.05, 0.1) is 10.3 Å². The smallest absolute Gasteiger partial charge is 0.237 e. The molecule has 0 aliphatic heterocycles. The molecule has 0 aromatic heterocycles. The largest absolute Gasteiger partial charge is 0.325 e. The van der Waals surface area contributed by atoms with Gasteiger partial charge in [0.15, 0.2) is 0 Å². The third kappa shape index (κ3) is 4.27. The summed E-state index contributed by atoms with van der Waals surface area (Å²) >= 11 is 10.9. The first-order valence-electron chi connectivity index (χ1n) is 6.04. The molecule has 2 aromatic carbocycles. The van der Waals surface area contributed by atoms with E-state index < -0.39 is 0 Å². The van der Waals surface area contributed by atoms with E-state index in [1.54, 1.807) is 0 Å². The summed E-state index contributed by atoms with van der Waals surface area (Å²) < 4.78 is 0.981. The number of thioether (sulfide) groups is 1. The molecule has 0 saturated heterocycles. The van der Waals surface area contributed by atoms with Crippen LogP contribution in [-0.4, -0.2) is 11.2 Å². The summed E-state index contributed by atoms with van der Waals surface area (Å²) in [5, 5.41) is 3.33. The van der Waals surface area contributed by atoms with Gasteiger partial charge in [0, 0.05) is 15.1 Å². The van der Waals surface area contributed by atoms with Gasteiger partial charge >= 0.3 is 0 Å². The molecule has 5 heteroatoms. The fourth-order valence-electron chi connectivity index (χ4n) is 1.56. The summed E-state index contributed by atoms with van der Waals surface area (Å²) in [5.74, 6) is -0.0442. The Balaban J connectivity index is 1.99. The third-order valence-electron chi connectivity index (χ3n) is 2.62. The van der Waals surface area contributed by atoms with E-state index in [0.29, 0.717) is 5.02 Å². The van der Waals surface area contributed by atoms with Crippen LogP contribution < -0.4 is 5.32 Å². The van der Waals surface area contributed by atoms with Crippen LogP contribution in [0, 0.1) is 0 Å². The van der Waals surface area contributed by atoms with Gasteiger partial charge < -0.3 is 5.32 Å². The van der Waals surface area contributed by atoms with Crippen LogP contribution in [-0.2, 0) is 4.79 Å². The lowest BCUT2D eigenvalue weighted by atomic mass is 10.3. The van der Waals surface area contributed by atoms with Gasteiger partial charge in [0.25, 0.3) is 0 Å². The van der Waals surface area contributed by atoms with Crippen LogP contribution in [0.1, 0.15) is 6.92 Å². The molecular weight excluding hydrogens is 358 g/mol. The first-order chi connectivity index (χ1) is 9.56. The van der Waals surface area contributed by atoms with Crippen molar-refractivity contribution in [3.63, 3.8) is 0 Å². The number of halogens is 2. The van der Waals surface area contributed by atoms with E-state index >= 15 is 0 Å². The summed E-state index contributed by atoms with van der Waals surface area (Å²) in [6.45, 7) is 1.86. The second-order valence-electron chi connectivity index (χ2n) is 4.19. The molecule has 1 atom stereocenters. The van der Waals surface area contributed by atoms with E-state index in [2.05, 4.69) is 21.2 Å². The first-order valence-corrected chi connectivity index (χ1v) is 8.09. The van der Waals surface area contributed by atoms with Crippen LogP contribution in [0.2, 0.25) is 5.02 Å². The molecular formula is C15H13BrClNOS. The average molecular weight is 371 g/mol. The van der Waals surface area contributed by atoms with Crippen LogP contribution in [0.25, 0.3) is 0 Å². The van der Waals surface area contributed by atoms with Crippen LogP contribution in [0.5, 0.6) is 0 Å². The number of benzene rings is 2. The van der Waals surface area contributed by atoms with Crippen molar-refractivity contribution in [2.75, 3.05) is 5.32 Å². The van der Waals surface area contributed by atoms with Crippen LogP contribution in [0.15, 0.2) is 57.9 Å². The summed E-state index contributed by atoms with van der Waals surface area (Å²) in [6, 6.07) is 15.0. The van der Waals surface area contributed by atoms with Crippen molar-refractivity contribution < 1.29 is 4.79 Å². The predicted molar refractivity (Wildman–Crippen MR) is 89.5 cm³/mol. The highest BCUT2D eigenvalue weighted by atomic mass is 79.9. The van der Waals surface area contributed by atoms with E-state index in [1.807, 2.05) is 55.5 Å². The van der Waals surface area contributed by atoms with Gasteiger partial charge in [-0.05, 0) is 43.3 Å². The number of carbonyl (C=O) groups is 1. The van der Waals surface area contributed by atoms with Crippen molar-refractivity contribution in [2.24, 2.45) is 0 Å². The maximum Gasteiger partial charge on any atom is 0.237 e. The SMILES string of the molecule is C[C@H](Sc1ccccc1Cl)C(=O)Nc1ccc(Br)cc1. The normalized spacial score (nSPS) is 11.9. The zero-order chi connectivity index (χ0) is 14.5. The lowest BCUT2D eigenvalue weighted by Gasteiger charge is -2.12. The van der Waals surface area contributed by atoms with E-state index in [-0.39, 0.29) is 11.2 Å². The second-order valence-corrected chi connectivity index (χ2v) is 6.89. The standard InChI is InChI=1S/C15H13BrClNOS/c1-10(20-14-5-3-2-4-13(14)17)15(19)18-12-8-6-11(16)7-9-12/h2-10H,1H3,(H,18,19)/t10-/m0/s1. The van der Waals surface area contributed by atoms with E-state index in [4.69, 9.17) is 11.6 Å². The molecule has 0 fully saturated rings. The molecule has 0 bridgehead atoms. The van der Waals surface area contributed by atoms with Gasteiger partial charge in [0.2, 0.25) is 5.91 Å². The molecule has 2 aromatic rings. The lowest BCUT2D eigenvalue weighted by molar-refractivity contribution is -0.115. The maximum absolute atomic E-state index is 12.1. The molecule has 0 spiro atoms. The fourth-order valence-corrected chi connectivity index (χ4v) is 2.98. The Morgan fingerprint density at radius 2 is 1.85 bits per heavy atom. The second kappa shape index (κ2) is 7.16. The molecule has 2 nitrogen and oxygen atoms in total. The molecule has 0 aliphatic carbocycles. The Kier molecular flexibility index (Phi) is 5.52. The number of hydrogen-bond donors (Lipinski definition) is 1. The van der Waals surface area contributed by atoms with Gasteiger partial charge in [-0.2, -0.15) is 0 Å². The molecule has 104 valence electrons. The van der Waals surface area contributed by atoms with E-state index in [0.717, 1.165) is 15.1 Å². The summed E-state index contributed by atoms with van der Waals surface area (Å²) in [5.41, 5.74) is 0.782. The predicted octanol–water partition coefficient (Wildman–Crippen LogP) is 5.22. The Hall–Kier alpha value is -0.970. The summed E-state index contributed by atoms with van der Waals surface area (Å²) in [4.78, 5) is 13.0. The van der Waals surface area contributed by atoms with Crippen molar-refractivity contribution in [3.05, 3.63) is 58.0 Å². The highest BCUT2D eigenvalue weighted by molar-refractivity contribution is 9.10. The summed E-state index contributed by atoms with van der Waals surface area (Å²) in [7, 11) is 0. The molecule has 20 heavy (non-hydrogen) atoms. The monoisotopic (exact) mass is 369 g/mol. The fraction of sp³-hybridized carbons (Fsp3) is 0.133. The molecule has 0 saturated carbocycles. The average Bonchev–Trinajstić information content (AvgIpc) is 2.44. The molecule has 0 unspecified atom stereocenters. The first kappa shape index (κ1) is 15.4. The van der Waals surface area contributed by atoms with E-state index in [1.165, 1.54) is 11.8 Å². The van der Waals surface area contributed by atoms with Gasteiger partial charge in [0.1, 0.15) is 0 Å². The van der Waals surface area contributed by atoms with Crippen LogP contribution >= 0.6 is 39.3 Å². The van der Waals surface area contributed by atoms with Gasteiger partial charge in [-0.25, -0.2) is 0 Å². The lowest BCUT2D eigenvalue weighted by Crippen LogP contribution is -2.22. The van der Waals surface area contributed by atoms with Crippen molar-refractivity contribution >= 4 is 50.9 Å². The molecule has 1 N–H and O–H groups in total. The van der Waals surface area contributed by atoms with Crippen LogP contribution in [0.4, 0.5) is 5.69 Å². The topological polar surface area (TPSA) is 29.1 Å². The molecule has 0 aliphatic rings. The van der Waals surface area contributed by atoms with E-state index in [9.17, 15) is 4.79 Å². The quantitative estimate of drug-likeness (QED) is 0.747. The number of carbonyl (C=O) groups excluding carboxylic acids is 1. The zero-order valence-electron chi connectivity index (χ0n) is 10.8. The van der Waals surface area contributed by atoms with Gasteiger partial charge in [-0.15, -0.1) is 11.8 Å². The number of anilines is 1. The highest BCUT2D eigenvalue weighted by Crippen LogP contribution is 2.30. The summed E-state index contributed by atoms with van der Waals surface area (Å²) in [6.07, 6.45) is 0. The molecule has 1 amide bonds. The van der Waals surface area contributed by atoms with Crippen molar-refractivity contribution in [1.82, 2.24) is 0 Å². The zero-order valence-corrected chi connectivity index (χ0v) is 13.9. The van der Waals surface area contributed by atoms with Crippen LogP contribution in [0.3, 0.4) is 0 Å². The number of amides is 1.